The van der Waals surface area contributed by atoms with Crippen molar-refractivity contribution >= 4 is 24.2 Å². The third kappa shape index (κ3) is 4.82. The van der Waals surface area contributed by atoms with Crippen molar-refractivity contribution in [1.29, 1.82) is 0 Å². The summed E-state index contributed by atoms with van der Waals surface area (Å²) < 4.78 is 53.3. The zero-order chi connectivity index (χ0) is 16.3. The second kappa shape index (κ2) is 7.98. The van der Waals surface area contributed by atoms with Gasteiger partial charge in [0.25, 0.3) is 0 Å². The summed E-state index contributed by atoms with van der Waals surface area (Å²) in [5.41, 5.74) is -0.878. The van der Waals surface area contributed by atoms with Gasteiger partial charge in [-0.15, -0.1) is 22.6 Å². The van der Waals surface area contributed by atoms with Gasteiger partial charge in [-0.2, -0.15) is 13.2 Å². The molecule has 4 nitrogen and oxygen atoms in total. The number of alkyl halides is 3. The Morgan fingerprint density at radius 1 is 1.26 bits per heavy atom. The maximum absolute atomic E-state index is 13.7. The van der Waals surface area contributed by atoms with E-state index in [0.717, 1.165) is 30.0 Å². The van der Waals surface area contributed by atoms with E-state index in [1.165, 1.54) is 0 Å². The van der Waals surface area contributed by atoms with Crippen molar-refractivity contribution in [2.24, 2.45) is 7.05 Å². The molecule has 1 aromatic carbocycles. The first kappa shape index (κ1) is 19.7. The van der Waals surface area contributed by atoms with Gasteiger partial charge in [0.2, 0.25) is 0 Å². The molecule has 1 heterocycles. The molecule has 0 aliphatic rings. The van der Waals surface area contributed by atoms with Crippen LogP contribution in [0, 0.1) is 5.82 Å². The molecule has 2 rings (SSSR count). The molecule has 0 aliphatic carbocycles. The zero-order valence-electron chi connectivity index (χ0n) is 12.3. The average Bonchev–Trinajstić information content (AvgIpc) is 2.78. The molecule has 0 saturated carbocycles. The largest absolute Gasteiger partial charge is 0.416 e. The van der Waals surface area contributed by atoms with Crippen LogP contribution in [0.2, 0.25) is 0 Å². The van der Waals surface area contributed by atoms with Crippen molar-refractivity contribution in [3.63, 3.8) is 0 Å². The van der Waals surface area contributed by atoms with Crippen molar-refractivity contribution < 1.29 is 17.6 Å². The predicted octanol–water partition coefficient (Wildman–Crippen LogP) is 3.41. The minimum Gasteiger partial charge on any atom is -0.313 e. The van der Waals surface area contributed by atoms with E-state index < -0.39 is 17.6 Å². The van der Waals surface area contributed by atoms with Crippen LogP contribution in [-0.2, 0) is 25.5 Å². The molecule has 0 aliphatic heterocycles. The maximum Gasteiger partial charge on any atom is 0.416 e. The molecule has 0 fully saturated rings. The Hall–Kier alpha value is -1.32. The van der Waals surface area contributed by atoms with Crippen LogP contribution in [0.25, 0.3) is 0 Å². The van der Waals surface area contributed by atoms with Gasteiger partial charge < -0.3 is 9.88 Å². The molecule has 0 spiro atoms. The Balaban J connectivity index is 0.00000264. The lowest BCUT2D eigenvalue weighted by atomic mass is 10.1. The first-order chi connectivity index (χ1) is 10.3. The number of benzene rings is 1. The van der Waals surface area contributed by atoms with E-state index >= 15 is 0 Å². The second-order valence-corrected chi connectivity index (χ2v) is 5.52. The highest BCUT2D eigenvalue weighted by atomic mass is 35.5. The Morgan fingerprint density at radius 2 is 1.96 bits per heavy atom. The summed E-state index contributed by atoms with van der Waals surface area (Å²) >= 11 is 1.13. The van der Waals surface area contributed by atoms with Crippen molar-refractivity contribution in [3.05, 3.63) is 41.0 Å². The van der Waals surface area contributed by atoms with Gasteiger partial charge in [-0.25, -0.2) is 4.39 Å². The normalized spacial score (nSPS) is 11.4. The van der Waals surface area contributed by atoms with Crippen molar-refractivity contribution in [3.8, 4) is 0 Å². The molecule has 0 bridgehead atoms. The van der Waals surface area contributed by atoms with Gasteiger partial charge in [0.05, 0.1) is 12.1 Å². The number of nitrogens with one attached hydrogen (secondary N) is 1. The highest BCUT2D eigenvalue weighted by Crippen LogP contribution is 2.32. The van der Waals surface area contributed by atoms with E-state index in [0.29, 0.717) is 17.5 Å². The molecule has 23 heavy (non-hydrogen) atoms. The van der Waals surface area contributed by atoms with Crippen molar-refractivity contribution in [1.82, 2.24) is 20.1 Å². The summed E-state index contributed by atoms with van der Waals surface area (Å²) in [7, 11) is 3.51. The standard InChI is InChI=1S/C13H14F4N4S.ClH/c1-18-6-11-19-20-12(21(11)2)22-7-8-5-9(13(15,16)17)3-4-10(8)14;/h3-5,18H,6-7H2,1-2H3;1H. The van der Waals surface area contributed by atoms with Gasteiger partial charge >= 0.3 is 6.18 Å². The summed E-state index contributed by atoms with van der Waals surface area (Å²) in [6.45, 7) is 0.516. The van der Waals surface area contributed by atoms with Crippen molar-refractivity contribution in [2.75, 3.05) is 7.05 Å². The first-order valence-electron chi connectivity index (χ1n) is 6.34. The minimum atomic E-state index is -4.49. The number of hydrogen-bond acceptors (Lipinski definition) is 4. The Morgan fingerprint density at radius 3 is 2.57 bits per heavy atom. The summed E-state index contributed by atoms with van der Waals surface area (Å²) in [6.07, 6.45) is -4.49. The smallest absolute Gasteiger partial charge is 0.313 e. The van der Waals surface area contributed by atoms with E-state index in [4.69, 9.17) is 0 Å². The first-order valence-corrected chi connectivity index (χ1v) is 7.32. The molecule has 0 radical (unpaired) electrons. The van der Waals surface area contributed by atoms with Gasteiger partial charge in [0, 0.05) is 12.8 Å². The fourth-order valence-corrected chi connectivity index (χ4v) is 2.69. The van der Waals surface area contributed by atoms with Crippen LogP contribution in [0.15, 0.2) is 23.4 Å². The lowest BCUT2D eigenvalue weighted by Gasteiger charge is -2.09. The van der Waals surface area contributed by atoms with Gasteiger partial charge in [-0.1, -0.05) is 11.8 Å². The van der Waals surface area contributed by atoms with Crippen LogP contribution >= 0.6 is 24.2 Å². The molecule has 1 aromatic heterocycles. The highest BCUT2D eigenvalue weighted by Gasteiger charge is 2.31. The van der Waals surface area contributed by atoms with Crippen LogP contribution in [0.1, 0.15) is 17.0 Å². The lowest BCUT2D eigenvalue weighted by molar-refractivity contribution is -0.137. The molecule has 10 heteroatoms. The number of rotatable bonds is 5. The Kier molecular flexibility index (Phi) is 6.84. The van der Waals surface area contributed by atoms with E-state index in [2.05, 4.69) is 15.5 Å². The van der Waals surface area contributed by atoms with E-state index in [-0.39, 0.29) is 23.7 Å². The summed E-state index contributed by atoms with van der Waals surface area (Å²) in [5, 5.41) is 11.3. The number of halogens is 5. The lowest BCUT2D eigenvalue weighted by Crippen LogP contribution is -2.10. The van der Waals surface area contributed by atoms with Crippen LogP contribution < -0.4 is 5.32 Å². The van der Waals surface area contributed by atoms with Crippen LogP contribution in [-0.4, -0.2) is 21.8 Å². The summed E-state index contributed by atoms with van der Waals surface area (Å²) in [5.74, 6) is 0.0639. The average molecular weight is 371 g/mol. The molecular formula is C13H15ClF4N4S. The van der Waals surface area contributed by atoms with Gasteiger partial charge in [-0.3, -0.25) is 0 Å². The van der Waals surface area contributed by atoms with Crippen molar-refractivity contribution in [2.45, 2.75) is 23.6 Å². The summed E-state index contributed by atoms with van der Waals surface area (Å²) in [6, 6.07) is 2.39. The monoisotopic (exact) mass is 370 g/mol. The number of nitrogens with zero attached hydrogens (tertiary/aromatic N) is 3. The second-order valence-electron chi connectivity index (χ2n) is 4.58. The molecule has 0 atom stereocenters. The zero-order valence-corrected chi connectivity index (χ0v) is 13.9. The fourth-order valence-electron chi connectivity index (χ4n) is 1.79. The Bertz CT molecular complexity index is 660. The molecule has 2 aromatic rings. The number of hydrogen-bond donors (Lipinski definition) is 1. The predicted molar refractivity (Wildman–Crippen MR) is 82.0 cm³/mol. The minimum absolute atomic E-state index is 0. The quantitative estimate of drug-likeness (QED) is 0.647. The topological polar surface area (TPSA) is 42.7 Å². The molecule has 0 unspecified atom stereocenters. The summed E-state index contributed by atoms with van der Waals surface area (Å²) in [4.78, 5) is 0. The van der Waals surface area contributed by atoms with E-state index in [1.807, 2.05) is 0 Å². The van der Waals surface area contributed by atoms with E-state index in [9.17, 15) is 17.6 Å². The molecule has 0 saturated heterocycles. The fraction of sp³-hybridized carbons (Fsp3) is 0.385. The number of aromatic nitrogens is 3. The molecule has 1 N–H and O–H groups in total. The molecule has 128 valence electrons. The highest BCUT2D eigenvalue weighted by molar-refractivity contribution is 7.98. The third-order valence-corrected chi connectivity index (χ3v) is 4.06. The van der Waals surface area contributed by atoms with E-state index in [1.54, 1.807) is 18.7 Å². The molecule has 0 amide bonds. The molecular weight excluding hydrogens is 356 g/mol. The third-order valence-electron chi connectivity index (χ3n) is 2.99. The van der Waals surface area contributed by atoms with Gasteiger partial charge in [0.1, 0.15) is 11.6 Å². The van der Waals surface area contributed by atoms with Gasteiger partial charge in [0.15, 0.2) is 5.16 Å². The van der Waals surface area contributed by atoms with Crippen LogP contribution in [0.4, 0.5) is 17.6 Å². The van der Waals surface area contributed by atoms with Crippen LogP contribution in [0.3, 0.4) is 0 Å². The van der Waals surface area contributed by atoms with Crippen LogP contribution in [0.5, 0.6) is 0 Å². The number of thioether (sulfide) groups is 1. The maximum atomic E-state index is 13.7. The Labute approximate surface area is 141 Å². The van der Waals surface area contributed by atoms with Gasteiger partial charge in [-0.05, 0) is 30.8 Å². The SMILES string of the molecule is CNCc1nnc(SCc2cc(C(F)(F)F)ccc2F)n1C.Cl.